The lowest BCUT2D eigenvalue weighted by molar-refractivity contribution is -0.128. The Morgan fingerprint density at radius 3 is 2.69 bits per heavy atom. The van der Waals surface area contributed by atoms with Gasteiger partial charge in [-0.05, 0) is 56.6 Å². The van der Waals surface area contributed by atoms with Crippen molar-refractivity contribution in [3.05, 3.63) is 39.8 Å². The Hall–Kier alpha value is -1.96. The van der Waals surface area contributed by atoms with Crippen molar-refractivity contribution in [2.45, 2.75) is 51.2 Å². The van der Waals surface area contributed by atoms with Crippen LogP contribution in [-0.4, -0.2) is 59.4 Å². The number of hydrogen-bond donors (Lipinski definition) is 2. The van der Waals surface area contributed by atoms with E-state index in [0.29, 0.717) is 23.9 Å². The van der Waals surface area contributed by atoms with Crippen molar-refractivity contribution in [2.75, 3.05) is 32.9 Å². The molecule has 1 aliphatic carbocycles. The Bertz CT molecular complexity index is 932. The number of pyridine rings is 1. The van der Waals surface area contributed by atoms with Gasteiger partial charge in [-0.3, -0.25) is 14.5 Å². The molecule has 4 heterocycles. The van der Waals surface area contributed by atoms with Crippen LogP contribution in [0.2, 0.25) is 0 Å². The Morgan fingerprint density at radius 1 is 1.22 bits per heavy atom. The zero-order chi connectivity index (χ0) is 22.2. The third-order valence-corrected chi connectivity index (χ3v) is 7.91. The van der Waals surface area contributed by atoms with E-state index in [4.69, 9.17) is 4.74 Å². The van der Waals surface area contributed by atoms with E-state index >= 15 is 0 Å². The maximum atomic E-state index is 13.4. The maximum absolute atomic E-state index is 13.4. The zero-order valence-corrected chi connectivity index (χ0v) is 18.9. The number of aliphatic hydroxyl groups excluding tert-OH is 1. The van der Waals surface area contributed by atoms with Crippen molar-refractivity contribution in [2.24, 2.45) is 23.7 Å². The molecule has 7 heteroatoms. The summed E-state index contributed by atoms with van der Waals surface area (Å²) >= 11 is 0. The second-order valence-electron chi connectivity index (χ2n) is 9.97. The summed E-state index contributed by atoms with van der Waals surface area (Å²) in [5, 5.41) is 13.6. The molecule has 0 unspecified atom stereocenters. The van der Waals surface area contributed by atoms with Crippen molar-refractivity contribution in [3.63, 3.8) is 0 Å². The standard InChI is InChI=1S/C25H35N3O4/c1-2-3-18-6-7-21-22-19(14-27(21)25(18)31)20(15-29)23(24(30)26-12-16-4-5-16)28(22)13-17-8-10-32-11-9-17/h2-3,6-7,16-17,19-20,22-23,29H,4-5,8-15H2,1H3,(H,26,30)/b3-2+/t19-,20-,22+,23-/m0/s1. The number of nitrogens with one attached hydrogen (secondary N) is 1. The Balaban J connectivity index is 1.48. The minimum atomic E-state index is -0.351. The van der Waals surface area contributed by atoms with Gasteiger partial charge < -0.3 is 19.7 Å². The summed E-state index contributed by atoms with van der Waals surface area (Å²) in [6.45, 7) is 5.48. The molecule has 4 atom stereocenters. The molecule has 174 valence electrons. The lowest BCUT2D eigenvalue weighted by atomic mass is 9.88. The number of allylic oxidation sites excluding steroid dienone is 1. The van der Waals surface area contributed by atoms with Crippen LogP contribution in [-0.2, 0) is 16.1 Å². The van der Waals surface area contributed by atoms with E-state index in [1.54, 1.807) is 0 Å². The van der Waals surface area contributed by atoms with Crippen LogP contribution in [0.15, 0.2) is 23.0 Å². The van der Waals surface area contributed by atoms with Gasteiger partial charge in [0, 0.05) is 62.5 Å². The number of carbonyl (C=O) groups is 1. The van der Waals surface area contributed by atoms with Gasteiger partial charge in [-0.15, -0.1) is 0 Å². The number of hydrogen-bond acceptors (Lipinski definition) is 5. The summed E-state index contributed by atoms with van der Waals surface area (Å²) in [5.74, 6) is 0.995. The van der Waals surface area contributed by atoms with Crippen LogP contribution in [0.25, 0.3) is 6.08 Å². The first kappa shape index (κ1) is 21.9. The normalized spacial score (nSPS) is 30.6. The lowest BCUT2D eigenvalue weighted by Gasteiger charge is -2.35. The minimum absolute atomic E-state index is 0.0148. The molecule has 1 amide bonds. The molecule has 32 heavy (non-hydrogen) atoms. The zero-order valence-electron chi connectivity index (χ0n) is 18.9. The third-order valence-electron chi connectivity index (χ3n) is 7.91. The van der Waals surface area contributed by atoms with Crippen molar-refractivity contribution in [1.29, 1.82) is 0 Å². The van der Waals surface area contributed by atoms with Gasteiger partial charge in [-0.2, -0.15) is 0 Å². The summed E-state index contributed by atoms with van der Waals surface area (Å²) < 4.78 is 7.44. The molecular weight excluding hydrogens is 406 g/mol. The number of ether oxygens (including phenoxy) is 1. The van der Waals surface area contributed by atoms with Crippen molar-refractivity contribution in [1.82, 2.24) is 14.8 Å². The van der Waals surface area contributed by atoms with Crippen LogP contribution in [0.4, 0.5) is 0 Å². The largest absolute Gasteiger partial charge is 0.396 e. The fraction of sp³-hybridized carbons (Fsp3) is 0.680. The maximum Gasteiger partial charge on any atom is 0.258 e. The monoisotopic (exact) mass is 441 g/mol. The van der Waals surface area contributed by atoms with E-state index in [1.807, 2.05) is 29.7 Å². The highest BCUT2D eigenvalue weighted by Crippen LogP contribution is 2.49. The van der Waals surface area contributed by atoms with Crippen LogP contribution in [0.5, 0.6) is 0 Å². The number of rotatable bonds is 7. The van der Waals surface area contributed by atoms with Crippen molar-refractivity contribution in [3.8, 4) is 0 Å². The van der Waals surface area contributed by atoms with Gasteiger partial charge in [0.15, 0.2) is 0 Å². The fourth-order valence-electron chi connectivity index (χ4n) is 6.04. The fourth-order valence-corrected chi connectivity index (χ4v) is 6.04. The van der Waals surface area contributed by atoms with E-state index < -0.39 is 0 Å². The molecule has 1 aromatic heterocycles. The molecule has 3 fully saturated rings. The summed E-state index contributed by atoms with van der Waals surface area (Å²) in [6.07, 6.45) is 8.09. The van der Waals surface area contributed by atoms with Gasteiger partial charge in [0.1, 0.15) is 0 Å². The molecule has 0 bridgehead atoms. The summed E-state index contributed by atoms with van der Waals surface area (Å²) in [7, 11) is 0. The second kappa shape index (κ2) is 9.12. The average molecular weight is 442 g/mol. The molecule has 0 aromatic carbocycles. The van der Waals surface area contributed by atoms with E-state index in [0.717, 1.165) is 44.8 Å². The molecule has 2 N–H and O–H groups in total. The molecular formula is C25H35N3O4. The predicted octanol–water partition coefficient (Wildman–Crippen LogP) is 1.80. The van der Waals surface area contributed by atoms with Gasteiger partial charge in [0.25, 0.3) is 5.56 Å². The van der Waals surface area contributed by atoms with Crippen LogP contribution in [0.3, 0.4) is 0 Å². The van der Waals surface area contributed by atoms with Gasteiger partial charge in [-0.25, -0.2) is 0 Å². The smallest absolute Gasteiger partial charge is 0.258 e. The van der Waals surface area contributed by atoms with Crippen LogP contribution in [0, 0.1) is 23.7 Å². The first-order chi connectivity index (χ1) is 15.6. The number of amides is 1. The highest BCUT2D eigenvalue weighted by Gasteiger charge is 2.55. The van der Waals surface area contributed by atoms with Gasteiger partial charge in [0.05, 0.1) is 12.1 Å². The highest BCUT2D eigenvalue weighted by atomic mass is 16.5. The van der Waals surface area contributed by atoms with E-state index in [9.17, 15) is 14.7 Å². The van der Waals surface area contributed by atoms with E-state index in [-0.39, 0.29) is 42.0 Å². The molecule has 4 aliphatic rings. The molecule has 3 aliphatic heterocycles. The van der Waals surface area contributed by atoms with Crippen LogP contribution in [0.1, 0.15) is 49.9 Å². The molecule has 2 saturated heterocycles. The number of nitrogens with zero attached hydrogens (tertiary/aromatic N) is 2. The van der Waals surface area contributed by atoms with Gasteiger partial charge in [0.2, 0.25) is 5.91 Å². The predicted molar refractivity (Wildman–Crippen MR) is 122 cm³/mol. The van der Waals surface area contributed by atoms with E-state index in [1.165, 1.54) is 12.8 Å². The quantitative estimate of drug-likeness (QED) is 0.674. The first-order valence-electron chi connectivity index (χ1n) is 12.2. The number of aliphatic hydroxyl groups is 1. The number of fused-ring (bicyclic) bond motifs is 3. The highest BCUT2D eigenvalue weighted by molar-refractivity contribution is 5.83. The minimum Gasteiger partial charge on any atom is -0.396 e. The Morgan fingerprint density at radius 2 is 2.00 bits per heavy atom. The van der Waals surface area contributed by atoms with E-state index in [2.05, 4.69) is 16.3 Å². The van der Waals surface area contributed by atoms with Crippen LogP contribution < -0.4 is 10.9 Å². The molecule has 7 nitrogen and oxygen atoms in total. The summed E-state index contributed by atoms with van der Waals surface area (Å²) in [5.41, 5.74) is 1.69. The Kier molecular flexibility index (Phi) is 6.23. The van der Waals surface area contributed by atoms with Crippen molar-refractivity contribution >= 4 is 12.0 Å². The summed E-state index contributed by atoms with van der Waals surface area (Å²) in [4.78, 5) is 28.8. The van der Waals surface area contributed by atoms with Crippen molar-refractivity contribution < 1.29 is 14.6 Å². The Labute approximate surface area is 189 Å². The number of likely N-dealkylation sites (tertiary alicyclic amines) is 1. The summed E-state index contributed by atoms with van der Waals surface area (Å²) in [6, 6.07) is 3.59. The topological polar surface area (TPSA) is 83.8 Å². The molecule has 0 radical (unpaired) electrons. The number of aromatic nitrogens is 1. The average Bonchev–Trinajstić information content (AvgIpc) is 3.48. The second-order valence-corrected chi connectivity index (χ2v) is 9.97. The first-order valence-corrected chi connectivity index (χ1v) is 12.2. The third kappa shape index (κ3) is 3.95. The molecule has 1 aromatic rings. The molecule has 5 rings (SSSR count). The molecule has 1 saturated carbocycles. The van der Waals surface area contributed by atoms with Gasteiger partial charge in [-0.1, -0.05) is 12.2 Å². The number of carbonyl (C=O) groups excluding carboxylic acids is 1. The van der Waals surface area contributed by atoms with Crippen LogP contribution >= 0.6 is 0 Å². The lowest BCUT2D eigenvalue weighted by Crippen LogP contribution is -2.50. The SMILES string of the molecule is C/C=C/c1ccc2n(c1=O)C[C@H]1[C@H](CO)[C@@H](C(=O)NCC3CC3)N(CC3CCOCC3)[C@@H]21. The van der Waals surface area contributed by atoms with Gasteiger partial charge >= 0.3 is 0 Å². The molecule has 0 spiro atoms.